The van der Waals surface area contributed by atoms with Crippen LogP contribution in [0.4, 0.5) is 0 Å². The maximum Gasteiger partial charge on any atom is 0.338 e. The predicted octanol–water partition coefficient (Wildman–Crippen LogP) is 3.69. The Morgan fingerprint density at radius 3 is 2.35 bits per heavy atom. The molecule has 7 heteroatoms. The zero-order chi connectivity index (χ0) is 21.8. The minimum atomic E-state index is -0.449. The molecule has 7 nitrogen and oxygen atoms in total. The number of methoxy groups -OCH3 is 1. The van der Waals surface area contributed by atoms with Crippen LogP contribution < -0.4 is 4.74 Å². The number of Topliss-reactive ketones (excluding diaryl/α,β-unsaturated/α-hetero) is 1. The largest absolute Gasteiger partial charge is 0.493 e. The van der Waals surface area contributed by atoms with Crippen LogP contribution in [-0.2, 0) is 19.0 Å². The van der Waals surface area contributed by atoms with Crippen LogP contribution in [0.5, 0.6) is 5.75 Å². The summed E-state index contributed by atoms with van der Waals surface area (Å²) in [7, 11) is 1.31. The molecule has 0 saturated heterocycles. The van der Waals surface area contributed by atoms with Gasteiger partial charge < -0.3 is 18.9 Å². The molecule has 4 rings (SSSR count). The lowest BCUT2D eigenvalue weighted by Gasteiger charge is -2.36. The molecule has 0 amide bonds. The van der Waals surface area contributed by atoms with Gasteiger partial charge in [-0.3, -0.25) is 4.79 Å². The van der Waals surface area contributed by atoms with E-state index in [0.717, 1.165) is 0 Å². The number of hydrogen-bond acceptors (Lipinski definition) is 7. The van der Waals surface area contributed by atoms with Crippen molar-refractivity contribution < 1.29 is 33.3 Å². The summed E-state index contributed by atoms with van der Waals surface area (Å²) in [5.41, 5.74) is 0.887. The summed E-state index contributed by atoms with van der Waals surface area (Å²) in [4.78, 5) is 36.7. The van der Waals surface area contributed by atoms with Crippen LogP contribution in [0, 0.1) is 5.92 Å². The molecule has 2 aromatic rings. The highest BCUT2D eigenvalue weighted by molar-refractivity contribution is 5.96. The zero-order valence-electron chi connectivity index (χ0n) is 17.0. The van der Waals surface area contributed by atoms with Gasteiger partial charge in [-0.15, -0.1) is 0 Å². The quantitative estimate of drug-likeness (QED) is 0.679. The van der Waals surface area contributed by atoms with E-state index in [0.29, 0.717) is 36.1 Å². The normalized spacial score (nSPS) is 22.4. The van der Waals surface area contributed by atoms with Crippen LogP contribution in [0.25, 0.3) is 0 Å². The lowest BCUT2D eigenvalue weighted by atomic mass is 9.80. The first-order valence-corrected chi connectivity index (χ1v) is 10.1. The first-order chi connectivity index (χ1) is 15.0. The standard InChI is InChI=1S/C24H22O7/c1-28-23(26)16-7-9-17(10-8-16)30-21-14-29-20-13-18(11-12-19(20)22(21)25)31-24(27)15-5-3-2-4-6-15/h2-10,14,18-20H,11-13H2,1H3. The highest BCUT2D eigenvalue weighted by Crippen LogP contribution is 2.35. The van der Waals surface area contributed by atoms with Crippen LogP contribution in [0.2, 0.25) is 0 Å². The van der Waals surface area contributed by atoms with E-state index in [2.05, 4.69) is 4.74 Å². The number of benzene rings is 2. The Hall–Kier alpha value is -3.61. The number of carbonyl (C=O) groups is 3. The first kappa shape index (κ1) is 20.7. The molecule has 1 saturated carbocycles. The fourth-order valence-corrected chi connectivity index (χ4v) is 3.81. The van der Waals surface area contributed by atoms with Gasteiger partial charge in [0.15, 0.2) is 0 Å². The molecule has 1 fully saturated rings. The minimum Gasteiger partial charge on any atom is -0.493 e. The minimum absolute atomic E-state index is 0.117. The molecule has 3 unspecified atom stereocenters. The second kappa shape index (κ2) is 9.04. The average Bonchev–Trinajstić information content (AvgIpc) is 2.81. The molecule has 2 aromatic carbocycles. The summed E-state index contributed by atoms with van der Waals surface area (Å²) in [6, 6.07) is 15.1. The summed E-state index contributed by atoms with van der Waals surface area (Å²) < 4.78 is 21.7. The third-order valence-corrected chi connectivity index (χ3v) is 5.46. The zero-order valence-corrected chi connectivity index (χ0v) is 17.0. The van der Waals surface area contributed by atoms with E-state index in [1.54, 1.807) is 48.5 Å². The molecule has 160 valence electrons. The van der Waals surface area contributed by atoms with E-state index in [1.807, 2.05) is 6.07 Å². The smallest absolute Gasteiger partial charge is 0.338 e. The molecule has 31 heavy (non-hydrogen) atoms. The first-order valence-electron chi connectivity index (χ1n) is 10.1. The highest BCUT2D eigenvalue weighted by atomic mass is 16.6. The van der Waals surface area contributed by atoms with E-state index in [9.17, 15) is 14.4 Å². The van der Waals surface area contributed by atoms with Crippen LogP contribution in [0.1, 0.15) is 40.0 Å². The Balaban J connectivity index is 1.37. The molecule has 2 aliphatic rings. The molecule has 1 aliphatic heterocycles. The topological polar surface area (TPSA) is 88.1 Å². The number of hydrogen-bond donors (Lipinski definition) is 0. The molecule has 1 aliphatic carbocycles. The van der Waals surface area contributed by atoms with Crippen molar-refractivity contribution in [2.45, 2.75) is 31.5 Å². The van der Waals surface area contributed by atoms with Gasteiger partial charge >= 0.3 is 11.9 Å². The van der Waals surface area contributed by atoms with E-state index in [4.69, 9.17) is 14.2 Å². The van der Waals surface area contributed by atoms with Crippen molar-refractivity contribution in [2.24, 2.45) is 5.92 Å². The van der Waals surface area contributed by atoms with Gasteiger partial charge in [-0.2, -0.15) is 0 Å². The van der Waals surface area contributed by atoms with Crippen LogP contribution in [0.3, 0.4) is 0 Å². The molecule has 3 atom stereocenters. The molecule has 0 spiro atoms. The lowest BCUT2D eigenvalue weighted by molar-refractivity contribution is -0.132. The average molecular weight is 422 g/mol. The molecule has 0 N–H and O–H groups in total. The number of carbonyl (C=O) groups excluding carboxylic acids is 3. The van der Waals surface area contributed by atoms with Crippen molar-refractivity contribution in [3.05, 3.63) is 77.7 Å². The van der Waals surface area contributed by atoms with Gasteiger partial charge in [-0.1, -0.05) is 18.2 Å². The fraction of sp³-hybridized carbons (Fsp3) is 0.292. The fourth-order valence-electron chi connectivity index (χ4n) is 3.81. The Morgan fingerprint density at radius 2 is 1.65 bits per heavy atom. The Kier molecular flexibility index (Phi) is 6.02. The maximum atomic E-state index is 12.9. The summed E-state index contributed by atoms with van der Waals surface area (Å²) in [5.74, 6) is -0.773. The van der Waals surface area contributed by atoms with E-state index in [1.165, 1.54) is 13.4 Å². The highest BCUT2D eigenvalue weighted by Gasteiger charge is 2.42. The van der Waals surface area contributed by atoms with E-state index in [-0.39, 0.29) is 35.6 Å². The lowest BCUT2D eigenvalue weighted by Crippen LogP contribution is -2.43. The van der Waals surface area contributed by atoms with Crippen molar-refractivity contribution in [3.63, 3.8) is 0 Å². The third-order valence-electron chi connectivity index (χ3n) is 5.46. The second-order valence-electron chi connectivity index (χ2n) is 7.45. The van der Waals surface area contributed by atoms with Gasteiger partial charge in [0, 0.05) is 6.42 Å². The van der Waals surface area contributed by atoms with E-state index < -0.39 is 5.97 Å². The third kappa shape index (κ3) is 4.60. The van der Waals surface area contributed by atoms with Crippen LogP contribution in [0.15, 0.2) is 66.6 Å². The van der Waals surface area contributed by atoms with Gasteiger partial charge in [0.1, 0.15) is 24.2 Å². The number of rotatable bonds is 5. The Labute approximate surface area is 179 Å². The van der Waals surface area contributed by atoms with Gasteiger partial charge in [-0.05, 0) is 49.2 Å². The van der Waals surface area contributed by atoms with Crippen molar-refractivity contribution in [1.82, 2.24) is 0 Å². The van der Waals surface area contributed by atoms with Gasteiger partial charge in [0.05, 0.1) is 24.2 Å². The monoisotopic (exact) mass is 422 g/mol. The summed E-state index contributed by atoms with van der Waals surface area (Å²) in [6.45, 7) is 0. The molecule has 0 radical (unpaired) electrons. The van der Waals surface area contributed by atoms with Crippen molar-refractivity contribution in [1.29, 1.82) is 0 Å². The number of allylic oxidation sites excluding steroid dienone is 1. The molecule has 1 heterocycles. The summed E-state index contributed by atoms with van der Waals surface area (Å²) in [6.07, 6.45) is 2.23. The van der Waals surface area contributed by atoms with Gasteiger partial charge in [0.2, 0.25) is 11.5 Å². The summed E-state index contributed by atoms with van der Waals surface area (Å²) >= 11 is 0. The molecule has 0 bridgehead atoms. The molecule has 0 aromatic heterocycles. The second-order valence-corrected chi connectivity index (χ2v) is 7.45. The number of fused-ring (bicyclic) bond motifs is 1. The van der Waals surface area contributed by atoms with Gasteiger partial charge in [0.25, 0.3) is 0 Å². The van der Waals surface area contributed by atoms with Gasteiger partial charge in [-0.25, -0.2) is 9.59 Å². The van der Waals surface area contributed by atoms with Crippen molar-refractivity contribution in [3.8, 4) is 5.75 Å². The number of ether oxygens (including phenoxy) is 4. The SMILES string of the molecule is COC(=O)c1ccc(OC2=COC3CC(OC(=O)c4ccccc4)CCC3C2=O)cc1. The van der Waals surface area contributed by atoms with Crippen molar-refractivity contribution in [2.75, 3.05) is 7.11 Å². The predicted molar refractivity (Wildman–Crippen MR) is 109 cm³/mol. The van der Waals surface area contributed by atoms with Crippen molar-refractivity contribution >= 4 is 17.7 Å². The Morgan fingerprint density at radius 1 is 0.935 bits per heavy atom. The van der Waals surface area contributed by atoms with E-state index >= 15 is 0 Å². The number of ketones is 1. The van der Waals surface area contributed by atoms with Crippen LogP contribution in [-0.4, -0.2) is 37.0 Å². The number of esters is 2. The molecular weight excluding hydrogens is 400 g/mol. The summed E-state index contributed by atoms with van der Waals surface area (Å²) in [5, 5.41) is 0. The molecular formula is C24H22O7. The Bertz CT molecular complexity index is 994. The maximum absolute atomic E-state index is 12.9. The van der Waals surface area contributed by atoms with Crippen LogP contribution >= 0.6 is 0 Å².